The monoisotopic (exact) mass is 332 g/mol. The molecule has 2 rings (SSSR count). The molecule has 1 heterocycles. The zero-order chi connectivity index (χ0) is 16.8. The number of rotatable bonds is 5. The van der Waals surface area contributed by atoms with Crippen LogP contribution in [0.4, 0.5) is 5.69 Å². The van der Waals surface area contributed by atoms with E-state index >= 15 is 0 Å². The van der Waals surface area contributed by atoms with Crippen molar-refractivity contribution >= 4 is 34.9 Å². The summed E-state index contributed by atoms with van der Waals surface area (Å²) in [6, 6.07) is 8.94. The van der Waals surface area contributed by atoms with E-state index < -0.39 is 16.7 Å². The largest absolute Gasteiger partial charge is 0.317 e. The van der Waals surface area contributed by atoms with Crippen LogP contribution in [0.3, 0.4) is 0 Å². The number of amides is 2. The average Bonchev–Trinajstić information content (AvgIpc) is 3.08. The lowest BCUT2D eigenvalue weighted by atomic mass is 10.1. The summed E-state index contributed by atoms with van der Waals surface area (Å²) in [5.41, 5.74) is 2.05. The molecule has 0 saturated heterocycles. The molecule has 118 valence electrons. The Morgan fingerprint density at radius 2 is 2.04 bits per heavy atom. The van der Waals surface area contributed by atoms with Crippen molar-refractivity contribution in [3.05, 3.63) is 68.0 Å². The number of hydrogen-bond donors (Lipinski definition) is 3. The molecule has 0 atom stereocenters. The maximum atomic E-state index is 12.0. The Morgan fingerprint density at radius 1 is 1.26 bits per heavy atom. The molecule has 8 nitrogen and oxygen atoms in total. The first-order valence-corrected chi connectivity index (χ1v) is 7.21. The van der Waals surface area contributed by atoms with Crippen LogP contribution in [0.25, 0.3) is 6.08 Å². The zero-order valence-corrected chi connectivity index (χ0v) is 12.5. The molecule has 1 aromatic heterocycles. The van der Waals surface area contributed by atoms with Crippen molar-refractivity contribution in [3.8, 4) is 0 Å². The summed E-state index contributed by atoms with van der Waals surface area (Å²) >= 11 is 1.21. The second-order valence-electron chi connectivity index (χ2n) is 4.31. The Labute approximate surface area is 134 Å². The molecule has 1 aromatic carbocycles. The first-order valence-electron chi connectivity index (χ1n) is 6.33. The van der Waals surface area contributed by atoms with Gasteiger partial charge in [0.1, 0.15) is 5.70 Å². The second-order valence-corrected chi connectivity index (χ2v) is 5.26. The Kier molecular flexibility index (Phi) is 5.18. The summed E-state index contributed by atoms with van der Waals surface area (Å²) in [5, 5.41) is 14.9. The van der Waals surface area contributed by atoms with E-state index in [1.54, 1.807) is 23.6 Å². The standard InChI is InChI=1S/C14H12N4O4S/c15-17-13(19)11(16-14(20)12-5-2-6-23-12)8-9-3-1-4-10(7-9)18(21)22/h1-8H,15H2,(H,16,20)(H,17,19)/b11-8-. The van der Waals surface area contributed by atoms with Gasteiger partial charge in [-0.3, -0.25) is 25.1 Å². The highest BCUT2D eigenvalue weighted by Gasteiger charge is 2.15. The van der Waals surface area contributed by atoms with E-state index in [1.807, 2.05) is 5.43 Å². The number of nitrogens with one attached hydrogen (secondary N) is 2. The second kappa shape index (κ2) is 7.29. The Balaban J connectivity index is 2.31. The molecule has 2 amide bonds. The maximum absolute atomic E-state index is 12.0. The van der Waals surface area contributed by atoms with Crippen molar-refractivity contribution in [1.29, 1.82) is 0 Å². The van der Waals surface area contributed by atoms with Gasteiger partial charge in [-0.15, -0.1) is 11.3 Å². The molecular weight excluding hydrogens is 320 g/mol. The fraction of sp³-hybridized carbons (Fsp3) is 0. The molecule has 0 aliphatic carbocycles. The molecular formula is C14H12N4O4S. The van der Waals surface area contributed by atoms with Crippen LogP contribution in [0, 0.1) is 10.1 Å². The molecule has 23 heavy (non-hydrogen) atoms. The Morgan fingerprint density at radius 3 is 2.65 bits per heavy atom. The van der Waals surface area contributed by atoms with Crippen LogP contribution >= 0.6 is 11.3 Å². The van der Waals surface area contributed by atoms with Crippen LogP contribution in [0.2, 0.25) is 0 Å². The van der Waals surface area contributed by atoms with E-state index in [2.05, 4.69) is 5.32 Å². The van der Waals surface area contributed by atoms with Crippen molar-refractivity contribution in [3.63, 3.8) is 0 Å². The minimum atomic E-state index is -0.721. The van der Waals surface area contributed by atoms with Gasteiger partial charge in [-0.05, 0) is 23.1 Å². The maximum Gasteiger partial charge on any atom is 0.281 e. The summed E-state index contributed by atoms with van der Waals surface area (Å²) in [7, 11) is 0. The Hall–Kier alpha value is -3.04. The molecule has 0 aliphatic rings. The quantitative estimate of drug-likeness (QED) is 0.251. The van der Waals surface area contributed by atoms with Crippen molar-refractivity contribution in [2.24, 2.45) is 5.84 Å². The van der Waals surface area contributed by atoms with Crippen molar-refractivity contribution in [1.82, 2.24) is 10.7 Å². The van der Waals surface area contributed by atoms with E-state index in [0.29, 0.717) is 10.4 Å². The number of nitro groups is 1. The van der Waals surface area contributed by atoms with Gasteiger partial charge in [-0.25, -0.2) is 5.84 Å². The van der Waals surface area contributed by atoms with Gasteiger partial charge in [-0.1, -0.05) is 18.2 Å². The summed E-state index contributed by atoms with van der Waals surface area (Å²) in [4.78, 5) is 34.5. The lowest BCUT2D eigenvalue weighted by molar-refractivity contribution is -0.384. The molecule has 9 heteroatoms. The number of nitrogens with zero attached hydrogens (tertiary/aromatic N) is 1. The first kappa shape index (κ1) is 16.3. The van der Waals surface area contributed by atoms with E-state index in [0.717, 1.165) is 0 Å². The minimum absolute atomic E-state index is 0.119. The third-order valence-corrected chi connectivity index (χ3v) is 3.63. The molecule has 0 aliphatic heterocycles. The topological polar surface area (TPSA) is 127 Å². The third-order valence-electron chi connectivity index (χ3n) is 2.76. The number of hydrazine groups is 1. The molecule has 4 N–H and O–H groups in total. The molecule has 0 bridgehead atoms. The van der Waals surface area contributed by atoms with Crippen LogP contribution < -0.4 is 16.6 Å². The van der Waals surface area contributed by atoms with Gasteiger partial charge in [-0.2, -0.15) is 0 Å². The van der Waals surface area contributed by atoms with Gasteiger partial charge in [0.05, 0.1) is 9.80 Å². The highest BCUT2D eigenvalue weighted by Crippen LogP contribution is 2.16. The summed E-state index contributed by atoms with van der Waals surface area (Å²) in [6.45, 7) is 0. The van der Waals surface area contributed by atoms with Gasteiger partial charge < -0.3 is 5.32 Å². The highest BCUT2D eigenvalue weighted by molar-refractivity contribution is 7.12. The predicted octanol–water partition coefficient (Wildman–Crippen LogP) is 1.42. The van der Waals surface area contributed by atoms with Gasteiger partial charge in [0.2, 0.25) is 0 Å². The van der Waals surface area contributed by atoms with Crippen LogP contribution in [-0.2, 0) is 4.79 Å². The highest BCUT2D eigenvalue weighted by atomic mass is 32.1. The van der Waals surface area contributed by atoms with Crippen molar-refractivity contribution in [2.45, 2.75) is 0 Å². The third kappa shape index (κ3) is 4.22. The molecule has 0 spiro atoms. The number of nitrogens with two attached hydrogens (primary N) is 1. The van der Waals surface area contributed by atoms with E-state index in [-0.39, 0.29) is 11.4 Å². The fourth-order valence-corrected chi connectivity index (χ4v) is 2.34. The number of thiophene rings is 1. The normalized spacial score (nSPS) is 10.9. The van der Waals surface area contributed by atoms with E-state index in [1.165, 1.54) is 35.6 Å². The number of benzene rings is 1. The molecule has 0 fully saturated rings. The summed E-state index contributed by atoms with van der Waals surface area (Å²) in [6.07, 6.45) is 1.31. The zero-order valence-electron chi connectivity index (χ0n) is 11.7. The van der Waals surface area contributed by atoms with E-state index in [9.17, 15) is 19.7 Å². The number of non-ortho nitro benzene ring substituents is 1. The van der Waals surface area contributed by atoms with Crippen LogP contribution in [0.5, 0.6) is 0 Å². The number of nitro benzene ring substituents is 1. The van der Waals surface area contributed by atoms with Crippen molar-refractivity contribution < 1.29 is 14.5 Å². The Bertz CT molecular complexity index is 771. The summed E-state index contributed by atoms with van der Waals surface area (Å²) in [5.74, 6) is 3.91. The van der Waals surface area contributed by atoms with Gasteiger partial charge in [0.25, 0.3) is 17.5 Å². The van der Waals surface area contributed by atoms with Crippen LogP contribution in [0.1, 0.15) is 15.2 Å². The van der Waals surface area contributed by atoms with Crippen LogP contribution in [0.15, 0.2) is 47.5 Å². The molecule has 0 saturated carbocycles. The number of hydrogen-bond acceptors (Lipinski definition) is 6. The average molecular weight is 332 g/mol. The van der Waals surface area contributed by atoms with Gasteiger partial charge >= 0.3 is 0 Å². The SMILES string of the molecule is NNC(=O)/C(=C/c1cccc([N+](=O)[O-])c1)NC(=O)c1cccs1. The predicted molar refractivity (Wildman–Crippen MR) is 85.2 cm³/mol. The first-order chi connectivity index (χ1) is 11.0. The molecule has 0 unspecified atom stereocenters. The molecule has 0 radical (unpaired) electrons. The van der Waals surface area contributed by atoms with Crippen LogP contribution in [-0.4, -0.2) is 16.7 Å². The number of carbonyl (C=O) groups is 2. The lowest BCUT2D eigenvalue weighted by Gasteiger charge is -2.07. The van der Waals surface area contributed by atoms with Gasteiger partial charge in [0.15, 0.2) is 0 Å². The van der Waals surface area contributed by atoms with Gasteiger partial charge in [0, 0.05) is 12.1 Å². The lowest BCUT2D eigenvalue weighted by Crippen LogP contribution is -2.38. The minimum Gasteiger partial charge on any atom is -0.317 e. The van der Waals surface area contributed by atoms with Crippen molar-refractivity contribution in [2.75, 3.05) is 0 Å². The summed E-state index contributed by atoms with van der Waals surface area (Å²) < 4.78 is 0. The number of carbonyl (C=O) groups excluding carboxylic acids is 2. The smallest absolute Gasteiger partial charge is 0.281 e. The fourth-order valence-electron chi connectivity index (χ4n) is 1.72. The molecule has 2 aromatic rings. The van der Waals surface area contributed by atoms with E-state index in [4.69, 9.17) is 5.84 Å².